The summed E-state index contributed by atoms with van der Waals surface area (Å²) in [6.45, 7) is 5.18. The van der Waals surface area contributed by atoms with Gasteiger partial charge >= 0.3 is 0 Å². The Morgan fingerprint density at radius 3 is 3.19 bits per heavy atom. The van der Waals surface area contributed by atoms with Crippen LogP contribution in [-0.4, -0.2) is 42.8 Å². The number of hydrogen-bond donors (Lipinski definition) is 1. The van der Waals surface area contributed by atoms with E-state index in [0.29, 0.717) is 11.9 Å². The highest BCUT2D eigenvalue weighted by Crippen LogP contribution is 2.17. The highest BCUT2D eigenvalue weighted by molar-refractivity contribution is 5.41. The molecule has 0 radical (unpaired) electrons. The lowest BCUT2D eigenvalue weighted by molar-refractivity contribution is 0.395. The number of methoxy groups -OCH3 is 1. The molecule has 5 heteroatoms. The van der Waals surface area contributed by atoms with Crippen molar-refractivity contribution >= 4 is 5.82 Å². The molecule has 1 aromatic heterocycles. The Balaban J connectivity index is 2.10. The minimum absolute atomic E-state index is 0.551. The minimum atomic E-state index is 0.551. The van der Waals surface area contributed by atoms with Crippen LogP contribution in [0.15, 0.2) is 12.4 Å². The zero-order valence-corrected chi connectivity index (χ0v) is 9.81. The second kappa shape index (κ2) is 5.12. The van der Waals surface area contributed by atoms with Crippen molar-refractivity contribution < 1.29 is 4.74 Å². The normalized spacial score (nSPS) is 20.9. The lowest BCUT2D eigenvalue weighted by Gasteiger charge is -2.34. The van der Waals surface area contributed by atoms with E-state index in [9.17, 15) is 0 Å². The zero-order valence-electron chi connectivity index (χ0n) is 9.81. The molecular weight excluding hydrogens is 204 g/mol. The fourth-order valence-electron chi connectivity index (χ4n) is 1.92. The predicted octanol–water partition coefficient (Wildman–Crippen LogP) is 0.673. The third-order valence-electron chi connectivity index (χ3n) is 2.91. The van der Waals surface area contributed by atoms with Gasteiger partial charge in [-0.05, 0) is 6.42 Å². The minimum Gasteiger partial charge on any atom is -0.481 e. The quantitative estimate of drug-likeness (QED) is 0.814. The fraction of sp³-hybridized carbons (Fsp3) is 0.636. The van der Waals surface area contributed by atoms with Crippen molar-refractivity contribution in [2.45, 2.75) is 19.4 Å². The van der Waals surface area contributed by atoms with Gasteiger partial charge < -0.3 is 15.0 Å². The lowest BCUT2D eigenvalue weighted by Crippen LogP contribution is -2.50. The summed E-state index contributed by atoms with van der Waals surface area (Å²) >= 11 is 0. The van der Waals surface area contributed by atoms with Crippen LogP contribution in [0.4, 0.5) is 5.82 Å². The fourth-order valence-corrected chi connectivity index (χ4v) is 1.92. The average molecular weight is 222 g/mol. The van der Waals surface area contributed by atoms with Crippen molar-refractivity contribution in [3.05, 3.63) is 12.4 Å². The van der Waals surface area contributed by atoms with Crippen molar-refractivity contribution in [2.75, 3.05) is 31.6 Å². The average Bonchev–Trinajstić information content (AvgIpc) is 2.39. The summed E-state index contributed by atoms with van der Waals surface area (Å²) in [5.41, 5.74) is 0. The zero-order chi connectivity index (χ0) is 11.4. The van der Waals surface area contributed by atoms with Gasteiger partial charge in [-0.25, -0.2) is 9.97 Å². The molecule has 1 saturated heterocycles. The Morgan fingerprint density at radius 1 is 1.56 bits per heavy atom. The molecule has 0 saturated carbocycles. The van der Waals surface area contributed by atoms with Crippen LogP contribution in [0.5, 0.6) is 5.88 Å². The van der Waals surface area contributed by atoms with Crippen LogP contribution in [0.3, 0.4) is 0 Å². The van der Waals surface area contributed by atoms with Crippen molar-refractivity contribution in [1.29, 1.82) is 0 Å². The van der Waals surface area contributed by atoms with Crippen LogP contribution in [0.1, 0.15) is 13.3 Å². The van der Waals surface area contributed by atoms with E-state index in [4.69, 9.17) is 4.74 Å². The topological polar surface area (TPSA) is 50.3 Å². The maximum atomic E-state index is 5.11. The SMILES string of the molecule is CC[C@H]1CN(c2cc(OC)ncn2)CCN1. The number of rotatable bonds is 3. The van der Waals surface area contributed by atoms with E-state index < -0.39 is 0 Å². The van der Waals surface area contributed by atoms with Gasteiger partial charge in [-0.1, -0.05) is 6.92 Å². The van der Waals surface area contributed by atoms with Crippen molar-refractivity contribution in [2.24, 2.45) is 0 Å². The molecule has 88 valence electrons. The summed E-state index contributed by atoms with van der Waals surface area (Å²) in [6.07, 6.45) is 2.69. The van der Waals surface area contributed by atoms with Gasteiger partial charge in [-0.15, -0.1) is 0 Å². The molecule has 5 nitrogen and oxygen atoms in total. The summed E-state index contributed by atoms with van der Waals surface area (Å²) < 4.78 is 5.11. The molecule has 1 fully saturated rings. The Kier molecular flexibility index (Phi) is 3.56. The van der Waals surface area contributed by atoms with Crippen LogP contribution >= 0.6 is 0 Å². The Labute approximate surface area is 95.8 Å². The van der Waals surface area contributed by atoms with Crippen molar-refractivity contribution in [1.82, 2.24) is 15.3 Å². The first-order valence-electron chi connectivity index (χ1n) is 5.68. The van der Waals surface area contributed by atoms with Gasteiger partial charge in [0.25, 0.3) is 0 Å². The van der Waals surface area contributed by atoms with Crippen LogP contribution in [-0.2, 0) is 0 Å². The molecule has 1 N–H and O–H groups in total. The third kappa shape index (κ3) is 2.41. The monoisotopic (exact) mass is 222 g/mol. The lowest BCUT2D eigenvalue weighted by atomic mass is 10.1. The van der Waals surface area contributed by atoms with Crippen LogP contribution in [0.2, 0.25) is 0 Å². The Bertz CT molecular complexity index is 345. The number of nitrogens with zero attached hydrogens (tertiary/aromatic N) is 3. The first kappa shape index (κ1) is 11.1. The molecule has 1 atom stereocenters. The van der Waals surface area contributed by atoms with Crippen molar-refractivity contribution in [3.8, 4) is 5.88 Å². The van der Waals surface area contributed by atoms with Crippen LogP contribution in [0.25, 0.3) is 0 Å². The Morgan fingerprint density at radius 2 is 2.44 bits per heavy atom. The molecule has 0 aromatic carbocycles. The molecule has 0 aliphatic carbocycles. The van der Waals surface area contributed by atoms with E-state index in [1.54, 1.807) is 13.4 Å². The first-order chi connectivity index (χ1) is 7.83. The third-order valence-corrected chi connectivity index (χ3v) is 2.91. The van der Waals surface area contributed by atoms with Gasteiger partial charge in [0.2, 0.25) is 5.88 Å². The van der Waals surface area contributed by atoms with Gasteiger partial charge in [-0.3, -0.25) is 0 Å². The van der Waals surface area contributed by atoms with E-state index in [1.165, 1.54) is 0 Å². The second-order valence-corrected chi connectivity index (χ2v) is 3.92. The smallest absolute Gasteiger partial charge is 0.218 e. The summed E-state index contributed by atoms with van der Waals surface area (Å²) in [5.74, 6) is 1.57. The first-order valence-corrected chi connectivity index (χ1v) is 5.68. The van der Waals surface area contributed by atoms with E-state index in [0.717, 1.165) is 31.9 Å². The highest BCUT2D eigenvalue weighted by Gasteiger charge is 2.19. The molecule has 0 spiro atoms. The van der Waals surface area contributed by atoms with Gasteiger partial charge in [0.05, 0.1) is 7.11 Å². The van der Waals surface area contributed by atoms with E-state index in [-0.39, 0.29) is 0 Å². The largest absolute Gasteiger partial charge is 0.481 e. The second-order valence-electron chi connectivity index (χ2n) is 3.92. The summed E-state index contributed by atoms with van der Waals surface area (Å²) in [4.78, 5) is 10.6. The van der Waals surface area contributed by atoms with E-state index >= 15 is 0 Å². The number of aromatic nitrogens is 2. The summed E-state index contributed by atoms with van der Waals surface area (Å²) in [7, 11) is 1.62. The standard InChI is InChI=1S/C11H18N4O/c1-3-9-7-15(5-4-12-9)10-6-11(16-2)14-8-13-10/h6,8-9,12H,3-5,7H2,1-2H3/t9-/m0/s1. The molecule has 1 aliphatic heterocycles. The summed E-state index contributed by atoms with van der Waals surface area (Å²) in [6, 6.07) is 2.44. The number of anilines is 1. The van der Waals surface area contributed by atoms with Crippen molar-refractivity contribution in [3.63, 3.8) is 0 Å². The van der Waals surface area contributed by atoms with Gasteiger partial charge in [0.1, 0.15) is 12.1 Å². The number of nitrogens with one attached hydrogen (secondary N) is 1. The molecule has 1 aromatic rings. The molecule has 0 amide bonds. The maximum absolute atomic E-state index is 5.11. The van der Waals surface area contributed by atoms with E-state index in [2.05, 4.69) is 27.1 Å². The molecule has 16 heavy (non-hydrogen) atoms. The molecule has 0 bridgehead atoms. The molecule has 2 heterocycles. The summed E-state index contributed by atoms with van der Waals surface area (Å²) in [5, 5.41) is 3.48. The van der Waals surface area contributed by atoms with Gasteiger partial charge in [-0.2, -0.15) is 0 Å². The maximum Gasteiger partial charge on any atom is 0.218 e. The molecule has 2 rings (SSSR count). The Hall–Kier alpha value is -1.36. The predicted molar refractivity (Wildman–Crippen MR) is 62.9 cm³/mol. The van der Waals surface area contributed by atoms with Crippen LogP contribution < -0.4 is 15.0 Å². The highest BCUT2D eigenvalue weighted by atomic mass is 16.5. The molecule has 1 aliphatic rings. The molecule has 0 unspecified atom stereocenters. The molecular formula is C11H18N4O. The number of hydrogen-bond acceptors (Lipinski definition) is 5. The number of ether oxygens (including phenoxy) is 1. The van der Waals surface area contributed by atoms with E-state index in [1.807, 2.05) is 6.07 Å². The van der Waals surface area contributed by atoms with Gasteiger partial charge in [0.15, 0.2) is 0 Å². The number of piperazine rings is 1. The van der Waals surface area contributed by atoms with Crippen LogP contribution in [0, 0.1) is 0 Å². The van der Waals surface area contributed by atoms with Gasteiger partial charge in [0, 0.05) is 31.7 Å².